The maximum absolute atomic E-state index is 14.4. The van der Waals surface area contributed by atoms with Gasteiger partial charge in [0.05, 0.1) is 31.1 Å². The van der Waals surface area contributed by atoms with Crippen LogP contribution in [-0.4, -0.2) is 49.6 Å². The SMILES string of the molecule is CC1(C)CC(=O)C2=C(C1)OC(N)=C(C#N)C21C(=O)N(CN2CCOCC2)c2ccc(Br)cc21. The van der Waals surface area contributed by atoms with Crippen LogP contribution in [0.5, 0.6) is 0 Å². The van der Waals surface area contributed by atoms with E-state index < -0.39 is 5.41 Å². The van der Waals surface area contributed by atoms with Crippen molar-refractivity contribution >= 4 is 33.3 Å². The van der Waals surface area contributed by atoms with Crippen LogP contribution < -0.4 is 10.6 Å². The van der Waals surface area contributed by atoms with E-state index in [1.54, 1.807) is 4.90 Å². The second kappa shape index (κ2) is 7.69. The number of fused-ring (bicyclic) bond motifs is 3. The minimum atomic E-state index is -1.61. The van der Waals surface area contributed by atoms with Crippen molar-refractivity contribution in [3.8, 4) is 6.07 Å². The van der Waals surface area contributed by atoms with Crippen LogP contribution in [0.3, 0.4) is 0 Å². The third kappa shape index (κ3) is 3.23. The van der Waals surface area contributed by atoms with Gasteiger partial charge in [-0.3, -0.25) is 19.4 Å². The molecule has 0 radical (unpaired) electrons. The zero-order valence-corrected chi connectivity index (χ0v) is 20.2. The minimum Gasteiger partial charge on any atom is -0.444 e. The van der Waals surface area contributed by atoms with Crippen molar-refractivity contribution in [3.63, 3.8) is 0 Å². The van der Waals surface area contributed by atoms with Crippen molar-refractivity contribution in [2.24, 2.45) is 11.1 Å². The summed E-state index contributed by atoms with van der Waals surface area (Å²) in [6.45, 7) is 6.86. The molecule has 1 aromatic carbocycles. The molecule has 0 saturated carbocycles. The van der Waals surface area contributed by atoms with E-state index in [-0.39, 0.29) is 40.6 Å². The number of amides is 1. The number of allylic oxidation sites excluding steroid dienone is 1. The molecule has 1 atom stereocenters. The number of benzene rings is 1. The molecule has 3 heterocycles. The van der Waals surface area contributed by atoms with Gasteiger partial charge in [0.2, 0.25) is 11.8 Å². The van der Waals surface area contributed by atoms with Crippen molar-refractivity contribution < 1.29 is 19.1 Å². The average molecular weight is 513 g/mol. The zero-order valence-electron chi connectivity index (χ0n) is 18.6. The van der Waals surface area contributed by atoms with E-state index in [4.69, 9.17) is 15.2 Å². The number of hydrogen-bond donors (Lipinski definition) is 1. The number of nitrogens with two attached hydrogens (primary N) is 1. The summed E-state index contributed by atoms with van der Waals surface area (Å²) in [5.74, 6) is -0.256. The highest BCUT2D eigenvalue weighted by Gasteiger charge is 2.63. The second-order valence-corrected chi connectivity index (χ2v) is 10.6. The largest absolute Gasteiger partial charge is 0.444 e. The number of rotatable bonds is 2. The normalized spacial score (nSPS) is 26.9. The smallest absolute Gasteiger partial charge is 0.249 e. The lowest BCUT2D eigenvalue weighted by Crippen LogP contribution is -2.52. The molecule has 1 saturated heterocycles. The van der Waals surface area contributed by atoms with E-state index in [9.17, 15) is 14.9 Å². The molecule has 33 heavy (non-hydrogen) atoms. The summed E-state index contributed by atoms with van der Waals surface area (Å²) in [6.07, 6.45) is 0.713. The van der Waals surface area contributed by atoms with Gasteiger partial charge in [-0.15, -0.1) is 0 Å². The van der Waals surface area contributed by atoms with Gasteiger partial charge in [0.1, 0.15) is 22.8 Å². The van der Waals surface area contributed by atoms with Crippen LogP contribution in [0.15, 0.2) is 45.5 Å². The molecule has 0 bridgehead atoms. The van der Waals surface area contributed by atoms with Gasteiger partial charge >= 0.3 is 0 Å². The van der Waals surface area contributed by atoms with Crippen LogP contribution in [-0.2, 0) is 24.5 Å². The van der Waals surface area contributed by atoms with Gasteiger partial charge in [0, 0.05) is 36.0 Å². The van der Waals surface area contributed by atoms with Crippen LogP contribution in [0.25, 0.3) is 0 Å². The third-order valence-electron chi connectivity index (χ3n) is 6.84. The fraction of sp³-hybridized carbons (Fsp3) is 0.458. The summed E-state index contributed by atoms with van der Waals surface area (Å²) >= 11 is 3.51. The molecule has 2 N–H and O–H groups in total. The van der Waals surface area contributed by atoms with Crippen LogP contribution in [0.1, 0.15) is 32.3 Å². The second-order valence-electron chi connectivity index (χ2n) is 9.71. The first-order chi connectivity index (χ1) is 15.7. The van der Waals surface area contributed by atoms with Gasteiger partial charge < -0.3 is 15.2 Å². The van der Waals surface area contributed by atoms with E-state index in [0.29, 0.717) is 56.4 Å². The predicted octanol–water partition coefficient (Wildman–Crippen LogP) is 2.69. The number of ether oxygens (including phenoxy) is 2. The lowest BCUT2D eigenvalue weighted by molar-refractivity contribution is -0.126. The Hall–Kier alpha value is -2.67. The predicted molar refractivity (Wildman–Crippen MR) is 124 cm³/mol. The molecule has 0 aromatic heterocycles. The first kappa shape index (κ1) is 22.1. The minimum absolute atomic E-state index is 0.0249. The van der Waals surface area contributed by atoms with Gasteiger partial charge in [0.15, 0.2) is 5.78 Å². The fourth-order valence-corrected chi connectivity index (χ4v) is 5.80. The Morgan fingerprint density at radius 1 is 1.21 bits per heavy atom. The molecule has 1 amide bonds. The monoisotopic (exact) mass is 512 g/mol. The average Bonchev–Trinajstić information content (AvgIpc) is 2.96. The van der Waals surface area contributed by atoms with E-state index in [1.807, 2.05) is 32.0 Å². The Labute approximate surface area is 200 Å². The Morgan fingerprint density at radius 2 is 1.94 bits per heavy atom. The third-order valence-corrected chi connectivity index (χ3v) is 7.33. The molecular formula is C24H25BrN4O4. The van der Waals surface area contributed by atoms with Gasteiger partial charge in [-0.2, -0.15) is 5.26 Å². The van der Waals surface area contributed by atoms with Crippen LogP contribution in [0.2, 0.25) is 0 Å². The molecule has 1 aliphatic carbocycles. The number of morpholine rings is 1. The summed E-state index contributed by atoms with van der Waals surface area (Å²) in [7, 11) is 0. The van der Waals surface area contributed by atoms with E-state index >= 15 is 0 Å². The van der Waals surface area contributed by atoms with Gasteiger partial charge in [-0.1, -0.05) is 29.8 Å². The topological polar surface area (TPSA) is 109 Å². The quantitative estimate of drug-likeness (QED) is 0.648. The highest BCUT2D eigenvalue weighted by Crippen LogP contribution is 2.57. The fourth-order valence-electron chi connectivity index (χ4n) is 5.44. The number of ketones is 1. The van der Waals surface area contributed by atoms with Gasteiger partial charge in [-0.25, -0.2) is 0 Å². The molecular weight excluding hydrogens is 488 g/mol. The number of carbonyl (C=O) groups excluding carboxylic acids is 2. The maximum Gasteiger partial charge on any atom is 0.249 e. The summed E-state index contributed by atoms with van der Waals surface area (Å²) in [6, 6.07) is 7.65. The van der Waals surface area contributed by atoms with Gasteiger partial charge in [-0.05, 0) is 23.6 Å². The molecule has 1 aromatic rings. The Morgan fingerprint density at radius 3 is 2.64 bits per heavy atom. The van der Waals surface area contributed by atoms with Crippen LogP contribution in [0.4, 0.5) is 5.69 Å². The molecule has 1 unspecified atom stereocenters. The van der Waals surface area contributed by atoms with Crippen molar-refractivity contribution in [3.05, 3.63) is 51.0 Å². The molecule has 1 fully saturated rings. The first-order valence-corrected chi connectivity index (χ1v) is 11.8. The summed E-state index contributed by atoms with van der Waals surface area (Å²) in [4.78, 5) is 31.8. The maximum atomic E-state index is 14.4. The zero-order chi connectivity index (χ0) is 23.5. The number of anilines is 1. The first-order valence-electron chi connectivity index (χ1n) is 11.0. The standard InChI is InChI=1S/C24H25BrN4O4/c1-23(2)10-18(30)20-19(11-23)33-21(27)16(12-26)24(20)15-9-14(25)3-4-17(15)29(22(24)31)13-28-5-7-32-8-6-28/h3-4,9H,5-8,10-11,13,27H2,1-2H3. The molecule has 172 valence electrons. The van der Waals surface area contributed by atoms with Crippen molar-refractivity contribution in [1.29, 1.82) is 5.26 Å². The van der Waals surface area contributed by atoms with Crippen molar-refractivity contribution in [2.45, 2.75) is 32.1 Å². The molecule has 1 spiro atoms. The summed E-state index contributed by atoms with van der Waals surface area (Å²) in [5.41, 5.74) is 5.79. The number of nitriles is 1. The Kier molecular flexibility index (Phi) is 5.16. The highest BCUT2D eigenvalue weighted by atomic mass is 79.9. The molecule has 5 rings (SSSR count). The molecule has 9 heteroatoms. The van der Waals surface area contributed by atoms with Gasteiger partial charge in [0.25, 0.3) is 0 Å². The van der Waals surface area contributed by atoms with Crippen LogP contribution in [0, 0.1) is 16.7 Å². The summed E-state index contributed by atoms with van der Waals surface area (Å²) < 4.78 is 12.0. The highest BCUT2D eigenvalue weighted by molar-refractivity contribution is 9.10. The number of nitrogens with zero attached hydrogens (tertiary/aromatic N) is 3. The number of hydrogen-bond acceptors (Lipinski definition) is 7. The number of halogens is 1. The van der Waals surface area contributed by atoms with Crippen molar-refractivity contribution in [2.75, 3.05) is 37.9 Å². The number of Topliss-reactive ketones (excluding diaryl/α,β-unsaturated/α-hetero) is 1. The van der Waals surface area contributed by atoms with E-state index in [1.165, 1.54) is 0 Å². The molecule has 3 aliphatic heterocycles. The van der Waals surface area contributed by atoms with E-state index in [0.717, 1.165) is 4.47 Å². The Balaban J connectivity index is 1.75. The van der Waals surface area contributed by atoms with E-state index in [2.05, 4.69) is 26.9 Å². The van der Waals surface area contributed by atoms with Crippen molar-refractivity contribution in [1.82, 2.24) is 4.90 Å². The Bertz CT molecular complexity index is 1180. The lowest BCUT2D eigenvalue weighted by Gasteiger charge is -2.41. The summed E-state index contributed by atoms with van der Waals surface area (Å²) in [5, 5.41) is 10.2. The van der Waals surface area contributed by atoms with Crippen LogP contribution >= 0.6 is 15.9 Å². The molecule has 4 aliphatic rings. The number of carbonyl (C=O) groups is 2. The lowest BCUT2D eigenvalue weighted by atomic mass is 9.62. The molecule has 8 nitrogen and oxygen atoms in total.